The smallest absolute Gasteiger partial charge is 0.229 e. The number of carbonyl (C=O) groups is 3. The van der Waals surface area contributed by atoms with Crippen LogP contribution in [-0.4, -0.2) is 52.1 Å². The molecule has 0 spiro atoms. The number of aromatic nitrogens is 1. The number of fused-ring (bicyclic) bond motifs is 1. The Hall–Kier alpha value is -2.63. The lowest BCUT2D eigenvalue weighted by atomic mass is 9.89. The minimum Gasteiger partial charge on any atom is -0.361 e. The first-order valence-electron chi connectivity index (χ1n) is 9.30. The maximum absolute atomic E-state index is 12.4. The van der Waals surface area contributed by atoms with Crippen molar-refractivity contribution in [1.82, 2.24) is 14.8 Å². The fourth-order valence-corrected chi connectivity index (χ4v) is 4.11. The molecule has 0 radical (unpaired) electrons. The summed E-state index contributed by atoms with van der Waals surface area (Å²) in [4.78, 5) is 42.1. The summed E-state index contributed by atoms with van der Waals surface area (Å²) in [5, 5.41) is 1.27. The Bertz CT molecular complexity index is 833. The molecule has 0 unspecified atom stereocenters. The van der Waals surface area contributed by atoms with Crippen LogP contribution in [0.25, 0.3) is 10.9 Å². The number of nitrogens with one attached hydrogen (secondary N) is 1. The lowest BCUT2D eigenvalue weighted by Crippen LogP contribution is -2.40. The van der Waals surface area contributed by atoms with E-state index in [4.69, 9.17) is 0 Å². The zero-order valence-corrected chi connectivity index (χ0v) is 14.7. The lowest BCUT2D eigenvalue weighted by molar-refractivity contribution is -0.139. The van der Waals surface area contributed by atoms with Crippen LogP contribution in [0, 0.1) is 0 Å². The van der Waals surface area contributed by atoms with Crippen LogP contribution in [-0.2, 0) is 14.4 Å². The summed E-state index contributed by atoms with van der Waals surface area (Å²) in [6.07, 6.45) is 4.77. The van der Waals surface area contributed by atoms with Gasteiger partial charge in [-0.25, -0.2) is 0 Å². The van der Waals surface area contributed by atoms with Crippen LogP contribution in [0.5, 0.6) is 0 Å². The van der Waals surface area contributed by atoms with E-state index in [-0.39, 0.29) is 43.5 Å². The predicted molar refractivity (Wildman–Crippen MR) is 97.4 cm³/mol. The third-order valence-corrected chi connectivity index (χ3v) is 5.61. The standard InChI is InChI=1S/C20H23N3O3/c24-18(9-12-23-19(25)5-6-20(23)26)22-10-7-14(8-11-22)16-13-21-17-4-2-1-3-15(16)17/h1-4,13-14,21H,5-12H2. The van der Waals surface area contributed by atoms with Gasteiger partial charge in [0.2, 0.25) is 17.7 Å². The van der Waals surface area contributed by atoms with Crippen LogP contribution in [0.3, 0.4) is 0 Å². The third kappa shape index (κ3) is 3.11. The molecule has 0 saturated carbocycles. The number of hydrogen-bond acceptors (Lipinski definition) is 3. The molecule has 6 heteroatoms. The molecular formula is C20H23N3O3. The molecule has 3 heterocycles. The molecule has 2 fully saturated rings. The van der Waals surface area contributed by atoms with Gasteiger partial charge in [-0.15, -0.1) is 0 Å². The van der Waals surface area contributed by atoms with Crippen molar-refractivity contribution in [3.05, 3.63) is 36.0 Å². The Balaban J connectivity index is 1.32. The van der Waals surface area contributed by atoms with Crippen molar-refractivity contribution in [3.63, 3.8) is 0 Å². The number of para-hydroxylation sites is 1. The molecule has 0 bridgehead atoms. The van der Waals surface area contributed by atoms with E-state index in [9.17, 15) is 14.4 Å². The highest BCUT2D eigenvalue weighted by atomic mass is 16.2. The fourth-order valence-electron chi connectivity index (χ4n) is 4.11. The maximum Gasteiger partial charge on any atom is 0.229 e. The van der Waals surface area contributed by atoms with E-state index < -0.39 is 0 Å². The number of rotatable bonds is 4. The molecule has 1 aromatic heterocycles. The van der Waals surface area contributed by atoms with Crippen LogP contribution >= 0.6 is 0 Å². The summed E-state index contributed by atoms with van der Waals surface area (Å²) in [5.74, 6) is 0.188. The quantitative estimate of drug-likeness (QED) is 0.858. The van der Waals surface area contributed by atoms with Crippen LogP contribution in [0.4, 0.5) is 0 Å². The van der Waals surface area contributed by atoms with Crippen molar-refractivity contribution in [2.45, 2.75) is 38.0 Å². The van der Waals surface area contributed by atoms with Crippen molar-refractivity contribution in [1.29, 1.82) is 0 Å². The zero-order chi connectivity index (χ0) is 18.1. The molecule has 1 N–H and O–H groups in total. The topological polar surface area (TPSA) is 73.5 Å². The molecule has 0 aliphatic carbocycles. The molecule has 4 rings (SSSR count). The lowest BCUT2D eigenvalue weighted by Gasteiger charge is -2.32. The largest absolute Gasteiger partial charge is 0.361 e. The summed E-state index contributed by atoms with van der Waals surface area (Å²) in [6, 6.07) is 8.31. The summed E-state index contributed by atoms with van der Waals surface area (Å²) >= 11 is 0. The van der Waals surface area contributed by atoms with E-state index in [2.05, 4.69) is 29.4 Å². The van der Waals surface area contributed by atoms with Crippen molar-refractivity contribution >= 4 is 28.6 Å². The van der Waals surface area contributed by atoms with Gasteiger partial charge in [-0.2, -0.15) is 0 Å². The Kier molecular flexibility index (Phi) is 4.49. The Labute approximate surface area is 152 Å². The van der Waals surface area contributed by atoms with Crippen molar-refractivity contribution in [3.8, 4) is 0 Å². The fraction of sp³-hybridized carbons (Fsp3) is 0.450. The van der Waals surface area contributed by atoms with E-state index in [1.807, 2.05) is 11.0 Å². The zero-order valence-electron chi connectivity index (χ0n) is 14.7. The maximum atomic E-state index is 12.4. The molecule has 3 amide bonds. The van der Waals surface area contributed by atoms with Gasteiger partial charge in [0.15, 0.2) is 0 Å². The first-order valence-corrected chi connectivity index (χ1v) is 9.30. The van der Waals surface area contributed by atoms with E-state index in [0.717, 1.165) is 31.4 Å². The van der Waals surface area contributed by atoms with E-state index in [1.165, 1.54) is 15.8 Å². The van der Waals surface area contributed by atoms with E-state index in [0.29, 0.717) is 5.92 Å². The molecule has 0 atom stereocenters. The van der Waals surface area contributed by atoms with Gasteiger partial charge in [0.05, 0.1) is 0 Å². The van der Waals surface area contributed by atoms with Crippen LogP contribution < -0.4 is 0 Å². The summed E-state index contributed by atoms with van der Waals surface area (Å²) in [7, 11) is 0. The highest BCUT2D eigenvalue weighted by molar-refractivity contribution is 6.02. The average molecular weight is 353 g/mol. The number of amides is 3. The van der Waals surface area contributed by atoms with Crippen LogP contribution in [0.2, 0.25) is 0 Å². The highest BCUT2D eigenvalue weighted by Gasteiger charge is 2.30. The minimum atomic E-state index is -0.152. The summed E-state index contributed by atoms with van der Waals surface area (Å²) in [6.45, 7) is 1.68. The second-order valence-corrected chi connectivity index (χ2v) is 7.13. The summed E-state index contributed by atoms with van der Waals surface area (Å²) in [5.41, 5.74) is 2.49. The molecule has 2 aliphatic rings. The number of piperidine rings is 1. The van der Waals surface area contributed by atoms with Gasteiger partial charge in [0.25, 0.3) is 0 Å². The Morgan fingerprint density at radius 2 is 1.77 bits per heavy atom. The number of H-pyrrole nitrogens is 1. The second kappa shape index (κ2) is 6.94. The van der Waals surface area contributed by atoms with Crippen molar-refractivity contribution in [2.24, 2.45) is 0 Å². The molecule has 1 aromatic carbocycles. The molecular weight excluding hydrogens is 330 g/mol. The molecule has 2 aliphatic heterocycles. The first kappa shape index (κ1) is 16.8. The van der Waals surface area contributed by atoms with Crippen molar-refractivity contribution < 1.29 is 14.4 Å². The SMILES string of the molecule is O=C(CCN1C(=O)CCC1=O)N1CCC(c2c[nH]c3ccccc23)CC1. The van der Waals surface area contributed by atoms with Gasteiger partial charge in [0, 0.05) is 56.0 Å². The number of carbonyl (C=O) groups excluding carboxylic acids is 3. The molecule has 2 aromatic rings. The van der Waals surface area contributed by atoms with Crippen molar-refractivity contribution in [2.75, 3.05) is 19.6 Å². The van der Waals surface area contributed by atoms with Gasteiger partial charge >= 0.3 is 0 Å². The number of benzene rings is 1. The number of aromatic amines is 1. The number of nitrogens with zero attached hydrogens (tertiary/aromatic N) is 2. The predicted octanol–water partition coefficient (Wildman–Crippen LogP) is 2.41. The van der Waals surface area contributed by atoms with Gasteiger partial charge in [-0.05, 0) is 30.4 Å². The normalized spacial score (nSPS) is 18.9. The van der Waals surface area contributed by atoms with Gasteiger partial charge in [0.1, 0.15) is 0 Å². The Morgan fingerprint density at radius 1 is 1.08 bits per heavy atom. The number of imide groups is 1. The van der Waals surface area contributed by atoms with Gasteiger partial charge < -0.3 is 9.88 Å². The number of likely N-dealkylation sites (tertiary alicyclic amines) is 2. The van der Waals surface area contributed by atoms with Gasteiger partial charge in [-0.3, -0.25) is 19.3 Å². The Morgan fingerprint density at radius 3 is 2.50 bits per heavy atom. The second-order valence-electron chi connectivity index (χ2n) is 7.13. The molecule has 26 heavy (non-hydrogen) atoms. The van der Waals surface area contributed by atoms with E-state index >= 15 is 0 Å². The monoisotopic (exact) mass is 353 g/mol. The van der Waals surface area contributed by atoms with Gasteiger partial charge in [-0.1, -0.05) is 18.2 Å². The van der Waals surface area contributed by atoms with Crippen LogP contribution in [0.15, 0.2) is 30.5 Å². The molecule has 2 saturated heterocycles. The first-order chi connectivity index (χ1) is 12.6. The highest BCUT2D eigenvalue weighted by Crippen LogP contribution is 2.33. The van der Waals surface area contributed by atoms with Crippen LogP contribution in [0.1, 0.15) is 43.6 Å². The third-order valence-electron chi connectivity index (χ3n) is 5.61. The minimum absolute atomic E-state index is 0.0369. The summed E-state index contributed by atoms with van der Waals surface area (Å²) < 4.78 is 0. The van der Waals surface area contributed by atoms with E-state index in [1.54, 1.807) is 0 Å². The number of hydrogen-bond donors (Lipinski definition) is 1. The molecule has 6 nitrogen and oxygen atoms in total. The average Bonchev–Trinajstić information content (AvgIpc) is 3.23. The molecule has 136 valence electrons.